The van der Waals surface area contributed by atoms with E-state index in [4.69, 9.17) is 4.74 Å². The Bertz CT molecular complexity index is 733. The molecule has 0 N–H and O–H groups in total. The molecule has 0 aliphatic carbocycles. The van der Waals surface area contributed by atoms with E-state index in [9.17, 15) is 0 Å². The number of aryl methyl sites for hydroxylation is 1. The van der Waals surface area contributed by atoms with Gasteiger partial charge in [-0.15, -0.1) is 0 Å². The molecule has 0 saturated carbocycles. The van der Waals surface area contributed by atoms with Gasteiger partial charge < -0.3 is 4.74 Å². The number of methoxy groups -OCH3 is 1. The van der Waals surface area contributed by atoms with E-state index in [-0.39, 0.29) is 5.54 Å². The van der Waals surface area contributed by atoms with E-state index in [2.05, 4.69) is 86.0 Å². The standard InChI is InChI=1S/C24H34N2O/c1-6-20-9-7-8-10-22(20)23-18-25(15-16-26(23)24(2,3)4)17-19-11-13-21(27-5)14-12-19/h7-14,23H,6,15-18H2,1-5H3. The minimum absolute atomic E-state index is 0.164. The third kappa shape index (κ3) is 4.72. The predicted molar refractivity (Wildman–Crippen MR) is 113 cm³/mol. The van der Waals surface area contributed by atoms with Crippen LogP contribution >= 0.6 is 0 Å². The molecule has 0 amide bonds. The number of piperazine rings is 1. The van der Waals surface area contributed by atoms with Crippen LogP contribution in [0.4, 0.5) is 0 Å². The molecule has 1 unspecified atom stereocenters. The van der Waals surface area contributed by atoms with Gasteiger partial charge in [0.2, 0.25) is 0 Å². The maximum absolute atomic E-state index is 5.29. The number of hydrogen-bond acceptors (Lipinski definition) is 3. The zero-order chi connectivity index (χ0) is 19.4. The summed E-state index contributed by atoms with van der Waals surface area (Å²) in [5, 5.41) is 0. The molecule has 1 aliphatic heterocycles. The van der Waals surface area contributed by atoms with Crippen molar-refractivity contribution in [3.63, 3.8) is 0 Å². The average Bonchev–Trinajstić information content (AvgIpc) is 2.67. The van der Waals surface area contributed by atoms with E-state index < -0.39 is 0 Å². The van der Waals surface area contributed by atoms with Crippen LogP contribution in [0.5, 0.6) is 5.75 Å². The average molecular weight is 367 g/mol. The summed E-state index contributed by atoms with van der Waals surface area (Å²) in [6.07, 6.45) is 1.09. The molecule has 1 heterocycles. The Labute approximate surface area is 164 Å². The molecule has 2 aromatic carbocycles. The molecule has 146 valence electrons. The zero-order valence-corrected chi connectivity index (χ0v) is 17.5. The first kappa shape index (κ1) is 19.9. The van der Waals surface area contributed by atoms with Gasteiger partial charge in [-0.2, -0.15) is 0 Å². The predicted octanol–water partition coefficient (Wildman–Crippen LogP) is 4.92. The number of hydrogen-bond donors (Lipinski definition) is 0. The Morgan fingerprint density at radius 2 is 1.70 bits per heavy atom. The summed E-state index contributed by atoms with van der Waals surface area (Å²) < 4.78 is 5.29. The normalized spacial score (nSPS) is 19.2. The Morgan fingerprint density at radius 3 is 2.33 bits per heavy atom. The van der Waals surface area contributed by atoms with E-state index in [0.717, 1.165) is 38.3 Å². The van der Waals surface area contributed by atoms with Crippen LogP contribution in [0.2, 0.25) is 0 Å². The summed E-state index contributed by atoms with van der Waals surface area (Å²) in [7, 11) is 1.72. The third-order valence-corrected chi connectivity index (χ3v) is 5.69. The van der Waals surface area contributed by atoms with E-state index in [1.807, 2.05) is 0 Å². The van der Waals surface area contributed by atoms with Crippen LogP contribution in [0.1, 0.15) is 50.4 Å². The van der Waals surface area contributed by atoms with E-state index in [1.165, 1.54) is 16.7 Å². The fraction of sp³-hybridized carbons (Fsp3) is 0.500. The van der Waals surface area contributed by atoms with Gasteiger partial charge in [0.25, 0.3) is 0 Å². The molecule has 27 heavy (non-hydrogen) atoms. The lowest BCUT2D eigenvalue weighted by Gasteiger charge is -2.48. The monoisotopic (exact) mass is 366 g/mol. The van der Waals surface area contributed by atoms with Gasteiger partial charge in [0.05, 0.1) is 7.11 Å². The van der Waals surface area contributed by atoms with Crippen molar-refractivity contribution in [2.75, 3.05) is 26.7 Å². The first-order valence-corrected chi connectivity index (χ1v) is 10.1. The molecule has 3 nitrogen and oxygen atoms in total. The summed E-state index contributed by atoms with van der Waals surface area (Å²) in [5.74, 6) is 0.922. The summed E-state index contributed by atoms with van der Waals surface area (Å²) >= 11 is 0. The van der Waals surface area contributed by atoms with Crippen LogP contribution in [0.25, 0.3) is 0 Å². The molecule has 1 saturated heterocycles. The van der Waals surface area contributed by atoms with Crippen LogP contribution in [0, 0.1) is 0 Å². The molecule has 0 bridgehead atoms. The summed E-state index contributed by atoms with van der Waals surface area (Å²) in [6.45, 7) is 13.6. The lowest BCUT2D eigenvalue weighted by Crippen LogP contribution is -2.54. The second-order valence-corrected chi connectivity index (χ2v) is 8.52. The van der Waals surface area contributed by atoms with Crippen molar-refractivity contribution in [3.05, 3.63) is 65.2 Å². The van der Waals surface area contributed by atoms with Crippen molar-refractivity contribution in [1.29, 1.82) is 0 Å². The van der Waals surface area contributed by atoms with Gasteiger partial charge in [0.1, 0.15) is 5.75 Å². The van der Waals surface area contributed by atoms with Gasteiger partial charge in [-0.1, -0.05) is 43.3 Å². The van der Waals surface area contributed by atoms with E-state index in [1.54, 1.807) is 7.11 Å². The molecule has 0 radical (unpaired) electrons. The molecule has 1 atom stereocenters. The lowest BCUT2D eigenvalue weighted by molar-refractivity contribution is 0.00565. The Kier molecular flexibility index (Phi) is 6.23. The maximum atomic E-state index is 5.29. The van der Waals surface area contributed by atoms with Crippen molar-refractivity contribution in [2.45, 2.75) is 52.2 Å². The van der Waals surface area contributed by atoms with Crippen molar-refractivity contribution in [1.82, 2.24) is 9.80 Å². The fourth-order valence-electron chi connectivity index (χ4n) is 4.22. The van der Waals surface area contributed by atoms with Crippen molar-refractivity contribution in [3.8, 4) is 5.75 Å². The lowest BCUT2D eigenvalue weighted by atomic mass is 9.91. The first-order valence-electron chi connectivity index (χ1n) is 10.1. The Hall–Kier alpha value is -1.84. The van der Waals surface area contributed by atoms with Gasteiger partial charge in [-0.05, 0) is 56.0 Å². The molecular weight excluding hydrogens is 332 g/mol. The van der Waals surface area contributed by atoms with Gasteiger partial charge in [0.15, 0.2) is 0 Å². The highest BCUT2D eigenvalue weighted by Crippen LogP contribution is 2.34. The second kappa shape index (κ2) is 8.45. The minimum Gasteiger partial charge on any atom is -0.497 e. The van der Waals surface area contributed by atoms with Crippen molar-refractivity contribution in [2.24, 2.45) is 0 Å². The van der Waals surface area contributed by atoms with Gasteiger partial charge in [-0.3, -0.25) is 9.80 Å². The number of rotatable bonds is 5. The Morgan fingerprint density at radius 1 is 1.00 bits per heavy atom. The van der Waals surface area contributed by atoms with Gasteiger partial charge in [0, 0.05) is 37.8 Å². The van der Waals surface area contributed by atoms with Crippen molar-refractivity contribution < 1.29 is 4.74 Å². The summed E-state index contributed by atoms with van der Waals surface area (Å²) in [5.41, 5.74) is 4.48. The summed E-state index contributed by atoms with van der Waals surface area (Å²) in [4.78, 5) is 5.28. The SMILES string of the molecule is CCc1ccccc1C1CN(Cc2ccc(OC)cc2)CCN1C(C)(C)C. The Balaban J connectivity index is 1.82. The largest absolute Gasteiger partial charge is 0.497 e. The maximum Gasteiger partial charge on any atom is 0.118 e. The minimum atomic E-state index is 0.164. The molecule has 3 heteroatoms. The molecule has 3 rings (SSSR count). The highest BCUT2D eigenvalue weighted by atomic mass is 16.5. The van der Waals surface area contributed by atoms with Crippen LogP contribution in [-0.2, 0) is 13.0 Å². The third-order valence-electron chi connectivity index (χ3n) is 5.69. The molecule has 1 fully saturated rings. The van der Waals surface area contributed by atoms with E-state index >= 15 is 0 Å². The quantitative estimate of drug-likeness (QED) is 0.747. The molecular formula is C24H34N2O. The molecule has 1 aliphatic rings. The highest BCUT2D eigenvalue weighted by molar-refractivity contribution is 5.32. The van der Waals surface area contributed by atoms with Crippen LogP contribution < -0.4 is 4.74 Å². The second-order valence-electron chi connectivity index (χ2n) is 8.52. The smallest absolute Gasteiger partial charge is 0.118 e. The molecule has 0 spiro atoms. The van der Waals surface area contributed by atoms with Gasteiger partial charge in [-0.25, -0.2) is 0 Å². The number of nitrogens with zero attached hydrogens (tertiary/aromatic N) is 2. The van der Waals surface area contributed by atoms with Crippen LogP contribution in [0.15, 0.2) is 48.5 Å². The molecule has 0 aromatic heterocycles. The van der Waals surface area contributed by atoms with Crippen LogP contribution in [0.3, 0.4) is 0 Å². The van der Waals surface area contributed by atoms with Gasteiger partial charge >= 0.3 is 0 Å². The topological polar surface area (TPSA) is 15.7 Å². The van der Waals surface area contributed by atoms with Crippen molar-refractivity contribution >= 4 is 0 Å². The highest BCUT2D eigenvalue weighted by Gasteiger charge is 2.35. The fourth-order valence-corrected chi connectivity index (χ4v) is 4.22. The number of ether oxygens (including phenoxy) is 1. The number of benzene rings is 2. The zero-order valence-electron chi connectivity index (χ0n) is 17.5. The first-order chi connectivity index (χ1) is 12.9. The van der Waals surface area contributed by atoms with Crippen LogP contribution in [-0.4, -0.2) is 42.1 Å². The van der Waals surface area contributed by atoms with E-state index in [0.29, 0.717) is 6.04 Å². The molecule has 2 aromatic rings. The summed E-state index contributed by atoms with van der Waals surface area (Å²) in [6, 6.07) is 17.9.